The molecule has 0 aliphatic rings. The standard InChI is InChI=1S/C22H17ClF2N4O2S2/c1-12-7-16(20(24)25)28-22(15(12)9-26)32-11-14-8-13(3-4-17(14)31-2)10-27-29-21(30)18-5-6-19(23)33-18/h3-8,10,20H,11H2,1-2H3,(H,29,30). The Morgan fingerprint density at radius 2 is 2.18 bits per heavy atom. The summed E-state index contributed by atoms with van der Waals surface area (Å²) < 4.78 is 32.2. The number of thiophene rings is 1. The molecule has 3 aromatic rings. The van der Waals surface area contributed by atoms with Crippen LogP contribution in [0.1, 0.15) is 44.0 Å². The van der Waals surface area contributed by atoms with Gasteiger partial charge in [-0.25, -0.2) is 19.2 Å². The SMILES string of the molecule is COc1ccc(C=NNC(=O)c2ccc(Cl)s2)cc1CSc1nc(C(F)F)cc(C)c1C#N. The van der Waals surface area contributed by atoms with Crippen LogP contribution in [0.5, 0.6) is 5.75 Å². The van der Waals surface area contributed by atoms with Gasteiger partial charge in [-0.05, 0) is 54.4 Å². The molecule has 0 spiro atoms. The topological polar surface area (TPSA) is 87.4 Å². The predicted octanol–water partition coefficient (Wildman–Crippen LogP) is 5.98. The molecule has 1 amide bonds. The average Bonchev–Trinajstić information content (AvgIpc) is 3.23. The van der Waals surface area contributed by atoms with E-state index in [2.05, 4.69) is 15.5 Å². The van der Waals surface area contributed by atoms with Crippen molar-refractivity contribution in [1.29, 1.82) is 5.26 Å². The van der Waals surface area contributed by atoms with Crippen molar-refractivity contribution in [1.82, 2.24) is 10.4 Å². The van der Waals surface area contributed by atoms with Crippen molar-refractivity contribution in [3.63, 3.8) is 0 Å². The highest BCUT2D eigenvalue weighted by Crippen LogP contribution is 2.32. The van der Waals surface area contributed by atoms with E-state index in [1.165, 1.54) is 19.4 Å². The molecule has 0 aliphatic heterocycles. The molecule has 0 atom stereocenters. The Labute approximate surface area is 202 Å². The molecule has 0 aliphatic carbocycles. The molecule has 1 aromatic carbocycles. The van der Waals surface area contributed by atoms with Crippen molar-refractivity contribution < 1.29 is 18.3 Å². The molecule has 11 heteroatoms. The fourth-order valence-electron chi connectivity index (χ4n) is 2.81. The first-order valence-corrected chi connectivity index (χ1v) is 11.6. The van der Waals surface area contributed by atoms with E-state index in [1.54, 1.807) is 37.3 Å². The number of methoxy groups -OCH3 is 1. The Hall–Kier alpha value is -3.00. The fourth-order valence-corrected chi connectivity index (χ4v) is 4.79. The summed E-state index contributed by atoms with van der Waals surface area (Å²) in [6.45, 7) is 1.60. The number of hydrogen-bond acceptors (Lipinski definition) is 7. The van der Waals surface area contributed by atoms with Crippen molar-refractivity contribution in [2.45, 2.75) is 24.1 Å². The van der Waals surface area contributed by atoms with E-state index in [1.807, 2.05) is 6.07 Å². The van der Waals surface area contributed by atoms with Gasteiger partial charge < -0.3 is 4.74 Å². The van der Waals surface area contributed by atoms with E-state index in [-0.39, 0.29) is 22.2 Å². The molecule has 0 bridgehead atoms. The van der Waals surface area contributed by atoms with Crippen LogP contribution in [0.4, 0.5) is 8.78 Å². The quantitative estimate of drug-likeness (QED) is 0.231. The Morgan fingerprint density at radius 3 is 2.82 bits per heavy atom. The second-order valence-electron chi connectivity index (χ2n) is 6.62. The lowest BCUT2D eigenvalue weighted by Crippen LogP contribution is -2.16. The van der Waals surface area contributed by atoms with Gasteiger partial charge in [0.2, 0.25) is 0 Å². The highest BCUT2D eigenvalue weighted by atomic mass is 35.5. The monoisotopic (exact) mass is 506 g/mol. The first-order chi connectivity index (χ1) is 15.8. The third kappa shape index (κ3) is 6.28. The van der Waals surface area contributed by atoms with Crippen LogP contribution in [0.2, 0.25) is 4.34 Å². The van der Waals surface area contributed by atoms with Crippen molar-refractivity contribution >= 4 is 46.8 Å². The predicted molar refractivity (Wildman–Crippen MR) is 126 cm³/mol. The lowest BCUT2D eigenvalue weighted by molar-refractivity contribution is 0.0959. The number of hydrazone groups is 1. The number of thioether (sulfide) groups is 1. The van der Waals surface area contributed by atoms with E-state index in [9.17, 15) is 18.8 Å². The zero-order chi connectivity index (χ0) is 24.0. The van der Waals surface area contributed by atoms with Crippen molar-refractivity contribution in [3.8, 4) is 11.8 Å². The zero-order valence-electron chi connectivity index (χ0n) is 17.4. The maximum atomic E-state index is 13.2. The number of carbonyl (C=O) groups is 1. The number of hydrogen-bond donors (Lipinski definition) is 1. The number of rotatable bonds is 8. The second kappa shape index (κ2) is 11.2. The molecule has 0 fully saturated rings. The molecule has 170 valence electrons. The number of nitrogens with zero attached hydrogens (tertiary/aromatic N) is 3. The summed E-state index contributed by atoms with van der Waals surface area (Å²) in [7, 11) is 1.52. The van der Waals surface area contributed by atoms with Crippen LogP contribution in [0.15, 0.2) is 46.5 Å². The van der Waals surface area contributed by atoms with Gasteiger partial charge in [0, 0.05) is 11.3 Å². The molecule has 6 nitrogen and oxygen atoms in total. The van der Waals surface area contributed by atoms with E-state index >= 15 is 0 Å². The van der Waals surface area contributed by atoms with Gasteiger partial charge in [-0.2, -0.15) is 10.4 Å². The summed E-state index contributed by atoms with van der Waals surface area (Å²) in [6, 6.07) is 11.8. The number of aryl methyl sites for hydroxylation is 1. The largest absolute Gasteiger partial charge is 0.496 e. The Balaban J connectivity index is 1.77. The normalized spacial score (nSPS) is 11.1. The molecule has 33 heavy (non-hydrogen) atoms. The summed E-state index contributed by atoms with van der Waals surface area (Å²) in [5, 5.41) is 13.6. The third-order valence-corrected chi connectivity index (χ3v) is 6.64. The van der Waals surface area contributed by atoms with Gasteiger partial charge in [0.1, 0.15) is 22.5 Å². The molecular weight excluding hydrogens is 490 g/mol. The van der Waals surface area contributed by atoms with Gasteiger partial charge in [-0.3, -0.25) is 4.79 Å². The van der Waals surface area contributed by atoms with Crippen molar-refractivity contribution in [2.24, 2.45) is 5.10 Å². The Morgan fingerprint density at radius 1 is 1.39 bits per heavy atom. The second-order valence-corrected chi connectivity index (χ2v) is 9.30. The van der Waals surface area contributed by atoms with Gasteiger partial charge >= 0.3 is 0 Å². The van der Waals surface area contributed by atoms with Crippen LogP contribution in [0.3, 0.4) is 0 Å². The van der Waals surface area contributed by atoms with E-state index < -0.39 is 6.43 Å². The summed E-state index contributed by atoms with van der Waals surface area (Å²) >= 11 is 8.14. The van der Waals surface area contributed by atoms with Crippen molar-refractivity contribution in [3.05, 3.63) is 73.6 Å². The van der Waals surface area contributed by atoms with Crippen LogP contribution in [-0.4, -0.2) is 24.2 Å². The first-order valence-electron chi connectivity index (χ1n) is 9.40. The number of aromatic nitrogens is 1. The molecule has 1 N–H and O–H groups in total. The number of nitriles is 1. The van der Waals surface area contributed by atoms with Gasteiger partial charge in [0.25, 0.3) is 12.3 Å². The number of carbonyl (C=O) groups excluding carboxylic acids is 1. The number of amides is 1. The third-order valence-electron chi connectivity index (χ3n) is 4.38. The van der Waals surface area contributed by atoms with Gasteiger partial charge in [-0.15, -0.1) is 23.1 Å². The van der Waals surface area contributed by atoms with Crippen LogP contribution >= 0.6 is 34.7 Å². The smallest absolute Gasteiger partial charge is 0.281 e. The molecule has 0 saturated carbocycles. The Bertz CT molecular complexity index is 1240. The highest BCUT2D eigenvalue weighted by molar-refractivity contribution is 7.98. The maximum absolute atomic E-state index is 13.2. The average molecular weight is 507 g/mol. The minimum absolute atomic E-state index is 0.232. The lowest BCUT2D eigenvalue weighted by Gasteiger charge is -2.11. The summed E-state index contributed by atoms with van der Waals surface area (Å²) in [5.74, 6) is 0.521. The first kappa shape index (κ1) is 24.6. The summed E-state index contributed by atoms with van der Waals surface area (Å²) in [5.41, 5.74) is 4.20. The molecule has 2 heterocycles. The molecule has 0 saturated heterocycles. The van der Waals surface area contributed by atoms with E-state index in [0.717, 1.165) is 28.7 Å². The number of alkyl halides is 2. The van der Waals surface area contributed by atoms with Gasteiger partial charge in [0.05, 0.1) is 28.1 Å². The molecule has 2 aromatic heterocycles. The minimum atomic E-state index is -2.73. The van der Waals surface area contributed by atoms with Gasteiger partial charge in [0.15, 0.2) is 0 Å². The summed E-state index contributed by atoms with van der Waals surface area (Å²) in [6.07, 6.45) is -1.26. The van der Waals surface area contributed by atoms with E-state index in [4.69, 9.17) is 16.3 Å². The zero-order valence-corrected chi connectivity index (χ0v) is 19.8. The Kier molecular flexibility index (Phi) is 8.38. The minimum Gasteiger partial charge on any atom is -0.496 e. The molecule has 3 rings (SSSR count). The van der Waals surface area contributed by atoms with Crippen LogP contribution in [-0.2, 0) is 5.75 Å². The molecule has 0 unspecified atom stereocenters. The van der Waals surface area contributed by atoms with Crippen molar-refractivity contribution in [2.75, 3.05) is 7.11 Å². The van der Waals surface area contributed by atoms with Crippen LogP contribution in [0.25, 0.3) is 0 Å². The number of benzene rings is 1. The van der Waals surface area contributed by atoms with Crippen LogP contribution in [0, 0.1) is 18.3 Å². The van der Waals surface area contributed by atoms with E-state index in [0.29, 0.717) is 31.8 Å². The van der Waals surface area contributed by atoms with Gasteiger partial charge in [-0.1, -0.05) is 11.6 Å². The molecular formula is C22H17ClF2N4O2S2. The highest BCUT2D eigenvalue weighted by Gasteiger charge is 2.17. The fraction of sp³-hybridized carbons (Fsp3) is 0.182. The summed E-state index contributed by atoms with van der Waals surface area (Å²) in [4.78, 5) is 16.5. The number of ether oxygens (including phenoxy) is 1. The molecule has 0 radical (unpaired) electrons. The number of halogens is 3. The number of pyridine rings is 1. The lowest BCUT2D eigenvalue weighted by atomic mass is 10.1. The number of nitrogens with one attached hydrogen (secondary N) is 1. The maximum Gasteiger partial charge on any atom is 0.281 e. The van der Waals surface area contributed by atoms with Crippen LogP contribution < -0.4 is 10.2 Å².